The van der Waals surface area contributed by atoms with Crippen LogP contribution in [-0.2, 0) is 16.1 Å². The number of carbonyl (C=O) groups is 1. The summed E-state index contributed by atoms with van der Waals surface area (Å²) in [5, 5.41) is 0. The van der Waals surface area contributed by atoms with Crippen LogP contribution in [0.4, 0.5) is 0 Å². The molecule has 1 saturated heterocycles. The summed E-state index contributed by atoms with van der Waals surface area (Å²) in [6.07, 6.45) is 5.13. The number of benzene rings is 1. The third-order valence-corrected chi connectivity index (χ3v) is 4.33. The second-order valence-corrected chi connectivity index (χ2v) is 5.84. The Kier molecular flexibility index (Phi) is 3.96. The van der Waals surface area contributed by atoms with Gasteiger partial charge in [-0.2, -0.15) is 0 Å². The summed E-state index contributed by atoms with van der Waals surface area (Å²) in [7, 11) is 0. The molecule has 3 aromatic rings. The molecule has 1 atom stereocenters. The summed E-state index contributed by atoms with van der Waals surface area (Å²) in [5.41, 5.74) is 2.93. The monoisotopic (exact) mass is 322 g/mol. The van der Waals surface area contributed by atoms with Crippen LogP contribution < -0.4 is 0 Å². The molecule has 1 aliphatic heterocycles. The summed E-state index contributed by atoms with van der Waals surface area (Å²) in [5.74, 6) is 0.0838. The van der Waals surface area contributed by atoms with E-state index >= 15 is 0 Å². The summed E-state index contributed by atoms with van der Waals surface area (Å²) >= 11 is 0. The highest BCUT2D eigenvalue weighted by atomic mass is 16.5. The zero-order valence-corrected chi connectivity index (χ0v) is 13.2. The Morgan fingerprint density at radius 2 is 2.04 bits per heavy atom. The molecule has 0 N–H and O–H groups in total. The highest BCUT2D eigenvalue weighted by Gasteiger charge is 2.25. The van der Waals surface area contributed by atoms with Crippen LogP contribution in [0.2, 0.25) is 0 Å². The maximum atomic E-state index is 12.7. The van der Waals surface area contributed by atoms with Gasteiger partial charge in [0.1, 0.15) is 12.6 Å². The minimum atomic E-state index is -0.0924. The number of morpholine rings is 1. The van der Waals surface area contributed by atoms with Crippen molar-refractivity contribution in [3.05, 3.63) is 60.7 Å². The van der Waals surface area contributed by atoms with Crippen LogP contribution >= 0.6 is 0 Å². The summed E-state index contributed by atoms with van der Waals surface area (Å²) in [4.78, 5) is 22.9. The number of rotatable bonds is 3. The van der Waals surface area contributed by atoms with Gasteiger partial charge in [-0.15, -0.1) is 0 Å². The van der Waals surface area contributed by atoms with E-state index in [-0.39, 0.29) is 12.0 Å². The van der Waals surface area contributed by atoms with Gasteiger partial charge < -0.3 is 14.2 Å². The van der Waals surface area contributed by atoms with Gasteiger partial charge in [0.05, 0.1) is 30.5 Å². The lowest BCUT2D eigenvalue weighted by atomic mass is 10.1. The molecule has 4 rings (SSSR count). The minimum Gasteiger partial charge on any atom is -0.370 e. The van der Waals surface area contributed by atoms with E-state index in [4.69, 9.17) is 4.74 Å². The minimum absolute atomic E-state index is 0.0838. The van der Waals surface area contributed by atoms with Gasteiger partial charge in [-0.25, -0.2) is 4.98 Å². The van der Waals surface area contributed by atoms with E-state index in [1.807, 2.05) is 45.9 Å². The van der Waals surface area contributed by atoms with Crippen molar-refractivity contribution in [1.29, 1.82) is 0 Å². The van der Waals surface area contributed by atoms with Gasteiger partial charge in [-0.05, 0) is 29.8 Å². The number of carbonyl (C=O) groups excluding carboxylic acids is 1. The first-order valence-electron chi connectivity index (χ1n) is 8.00. The van der Waals surface area contributed by atoms with E-state index in [0.717, 1.165) is 16.6 Å². The lowest BCUT2D eigenvalue weighted by molar-refractivity contribution is -0.139. The average Bonchev–Trinajstić information content (AvgIpc) is 3.06. The van der Waals surface area contributed by atoms with E-state index in [1.165, 1.54) is 0 Å². The lowest BCUT2D eigenvalue weighted by Gasteiger charge is -2.33. The fraction of sp³-hybridized carbons (Fsp3) is 0.278. The van der Waals surface area contributed by atoms with Crippen LogP contribution in [0.1, 0.15) is 11.7 Å². The molecule has 1 aliphatic rings. The first-order valence-corrected chi connectivity index (χ1v) is 8.00. The Balaban J connectivity index is 1.48. The Bertz CT molecular complexity index is 846. The van der Waals surface area contributed by atoms with E-state index in [9.17, 15) is 4.79 Å². The van der Waals surface area contributed by atoms with Crippen molar-refractivity contribution in [3.8, 4) is 0 Å². The van der Waals surface area contributed by atoms with E-state index in [2.05, 4.69) is 9.97 Å². The second-order valence-electron chi connectivity index (χ2n) is 5.84. The van der Waals surface area contributed by atoms with Crippen LogP contribution in [0.5, 0.6) is 0 Å². The molecular formula is C18H18N4O2. The number of amides is 1. The quantitative estimate of drug-likeness (QED) is 0.740. The number of hydrogen-bond acceptors (Lipinski definition) is 4. The predicted molar refractivity (Wildman–Crippen MR) is 89.2 cm³/mol. The standard InChI is InChI=1S/C18H18N4O2/c23-18(12-22-13-20-15-3-1-2-4-16(15)22)21-9-10-24-17(11-21)14-5-7-19-8-6-14/h1-8,13,17H,9-12H2. The topological polar surface area (TPSA) is 60.2 Å². The fourth-order valence-electron chi connectivity index (χ4n) is 3.04. The first kappa shape index (κ1) is 14.8. The van der Waals surface area contributed by atoms with Crippen molar-refractivity contribution in [2.45, 2.75) is 12.6 Å². The largest absolute Gasteiger partial charge is 0.370 e. The molecular weight excluding hydrogens is 304 g/mol. The zero-order valence-electron chi connectivity index (χ0n) is 13.2. The van der Waals surface area contributed by atoms with E-state index < -0.39 is 0 Å². The highest BCUT2D eigenvalue weighted by molar-refractivity contribution is 5.80. The molecule has 6 heteroatoms. The molecule has 1 amide bonds. The number of imidazole rings is 1. The van der Waals surface area contributed by atoms with Crippen LogP contribution in [0.3, 0.4) is 0 Å². The maximum absolute atomic E-state index is 12.7. The Hall–Kier alpha value is -2.73. The highest BCUT2D eigenvalue weighted by Crippen LogP contribution is 2.22. The van der Waals surface area contributed by atoms with Crippen molar-refractivity contribution in [1.82, 2.24) is 19.4 Å². The first-order chi connectivity index (χ1) is 11.8. The molecule has 0 saturated carbocycles. The number of nitrogens with zero attached hydrogens (tertiary/aromatic N) is 4. The molecule has 6 nitrogen and oxygen atoms in total. The predicted octanol–water partition coefficient (Wildman–Crippen LogP) is 2.03. The van der Waals surface area contributed by atoms with Crippen molar-refractivity contribution in [3.63, 3.8) is 0 Å². The van der Waals surface area contributed by atoms with Gasteiger partial charge in [-0.1, -0.05) is 12.1 Å². The molecule has 3 heterocycles. The molecule has 1 unspecified atom stereocenters. The fourth-order valence-corrected chi connectivity index (χ4v) is 3.04. The van der Waals surface area contributed by atoms with Crippen molar-refractivity contribution >= 4 is 16.9 Å². The maximum Gasteiger partial charge on any atom is 0.242 e. The SMILES string of the molecule is O=C(Cn1cnc2ccccc21)N1CCOC(c2ccncc2)C1. The molecule has 1 fully saturated rings. The molecule has 122 valence electrons. The Labute approximate surface area is 139 Å². The third kappa shape index (κ3) is 2.88. The molecule has 0 spiro atoms. The van der Waals surface area contributed by atoms with E-state index in [1.54, 1.807) is 18.7 Å². The number of fused-ring (bicyclic) bond motifs is 1. The zero-order chi connectivity index (χ0) is 16.4. The van der Waals surface area contributed by atoms with Crippen molar-refractivity contribution in [2.75, 3.05) is 19.7 Å². The molecule has 24 heavy (non-hydrogen) atoms. The van der Waals surface area contributed by atoms with Crippen molar-refractivity contribution < 1.29 is 9.53 Å². The summed E-state index contributed by atoms with van der Waals surface area (Å²) in [6.45, 7) is 2.02. The summed E-state index contributed by atoms with van der Waals surface area (Å²) in [6, 6.07) is 11.7. The average molecular weight is 322 g/mol. The number of ether oxygens (including phenoxy) is 1. The lowest BCUT2D eigenvalue weighted by Crippen LogP contribution is -2.43. The number of pyridine rings is 1. The third-order valence-electron chi connectivity index (χ3n) is 4.33. The van der Waals surface area contributed by atoms with Crippen LogP contribution in [0.25, 0.3) is 11.0 Å². The Morgan fingerprint density at radius 1 is 1.21 bits per heavy atom. The van der Waals surface area contributed by atoms with Crippen LogP contribution in [0.15, 0.2) is 55.1 Å². The number of aromatic nitrogens is 3. The normalized spacial score (nSPS) is 18.0. The van der Waals surface area contributed by atoms with E-state index in [0.29, 0.717) is 26.2 Å². The van der Waals surface area contributed by atoms with Gasteiger partial charge in [0.15, 0.2) is 0 Å². The van der Waals surface area contributed by atoms with Gasteiger partial charge in [-0.3, -0.25) is 9.78 Å². The van der Waals surface area contributed by atoms with Gasteiger partial charge >= 0.3 is 0 Å². The molecule has 1 aromatic carbocycles. The van der Waals surface area contributed by atoms with Crippen molar-refractivity contribution in [2.24, 2.45) is 0 Å². The second kappa shape index (κ2) is 6.41. The van der Waals surface area contributed by atoms with Gasteiger partial charge in [0, 0.05) is 18.9 Å². The van der Waals surface area contributed by atoms with Gasteiger partial charge in [0.25, 0.3) is 0 Å². The number of hydrogen-bond donors (Lipinski definition) is 0. The smallest absolute Gasteiger partial charge is 0.242 e. The van der Waals surface area contributed by atoms with Crippen LogP contribution in [-0.4, -0.2) is 45.0 Å². The summed E-state index contributed by atoms with van der Waals surface area (Å²) < 4.78 is 7.71. The van der Waals surface area contributed by atoms with Crippen LogP contribution in [0, 0.1) is 0 Å². The van der Waals surface area contributed by atoms with Gasteiger partial charge in [0.2, 0.25) is 5.91 Å². The molecule has 0 bridgehead atoms. The Morgan fingerprint density at radius 3 is 2.92 bits per heavy atom. The number of para-hydroxylation sites is 2. The molecule has 0 aliphatic carbocycles. The molecule has 0 radical (unpaired) electrons. The molecule has 2 aromatic heterocycles.